The summed E-state index contributed by atoms with van der Waals surface area (Å²) in [6, 6.07) is 9.74. The minimum absolute atomic E-state index is 0.00343. The molecule has 0 spiro atoms. The quantitative estimate of drug-likeness (QED) is 0.756. The van der Waals surface area contributed by atoms with Crippen LogP contribution in [0.2, 0.25) is 0 Å². The van der Waals surface area contributed by atoms with Crippen molar-refractivity contribution in [1.29, 1.82) is 0 Å². The third kappa shape index (κ3) is 3.39. The molecule has 0 N–H and O–H groups in total. The zero-order valence-electron chi connectivity index (χ0n) is 9.49. The normalized spacial score (nSPS) is 13.5. The summed E-state index contributed by atoms with van der Waals surface area (Å²) in [4.78, 5) is 10.7. The van der Waals surface area contributed by atoms with Gasteiger partial charge in [-0.1, -0.05) is 51.1 Å². The van der Waals surface area contributed by atoms with E-state index in [0.717, 1.165) is 5.56 Å². The SMILES string of the molecule is CC(C)(C)C(CC(=O)[O-])c1ccccc1. The first-order chi connectivity index (χ1) is 6.91. The number of rotatable bonds is 3. The highest BCUT2D eigenvalue weighted by molar-refractivity contribution is 5.65. The molecule has 2 nitrogen and oxygen atoms in total. The first-order valence-electron chi connectivity index (χ1n) is 5.16. The van der Waals surface area contributed by atoms with E-state index in [1.54, 1.807) is 0 Å². The number of hydrogen-bond donors (Lipinski definition) is 0. The Kier molecular flexibility index (Phi) is 3.51. The van der Waals surface area contributed by atoms with Crippen LogP contribution in [0.4, 0.5) is 0 Å². The number of carbonyl (C=O) groups excluding carboxylic acids is 1. The van der Waals surface area contributed by atoms with Gasteiger partial charge in [-0.05, 0) is 23.3 Å². The van der Waals surface area contributed by atoms with Gasteiger partial charge >= 0.3 is 0 Å². The molecule has 1 unspecified atom stereocenters. The van der Waals surface area contributed by atoms with Gasteiger partial charge in [-0.2, -0.15) is 0 Å². The molecule has 0 saturated heterocycles. The summed E-state index contributed by atoms with van der Waals surface area (Å²) in [5.74, 6) is -0.984. The molecule has 0 amide bonds. The van der Waals surface area contributed by atoms with E-state index in [2.05, 4.69) is 0 Å². The Bertz CT molecular complexity index is 322. The molecule has 82 valence electrons. The van der Waals surface area contributed by atoms with Crippen molar-refractivity contribution in [2.45, 2.75) is 33.1 Å². The molecule has 0 fully saturated rings. The van der Waals surface area contributed by atoms with E-state index < -0.39 is 5.97 Å². The molecule has 0 radical (unpaired) electrons. The average molecular weight is 205 g/mol. The molecule has 0 aliphatic carbocycles. The molecular formula is C13H17O2-. The number of carboxylic acid groups (broad SMARTS) is 1. The lowest BCUT2D eigenvalue weighted by Gasteiger charge is -2.31. The Labute approximate surface area is 90.9 Å². The second kappa shape index (κ2) is 4.47. The van der Waals surface area contributed by atoms with Gasteiger partial charge in [-0.15, -0.1) is 0 Å². The van der Waals surface area contributed by atoms with Crippen LogP contribution in [-0.2, 0) is 4.79 Å². The highest BCUT2D eigenvalue weighted by Crippen LogP contribution is 2.37. The van der Waals surface area contributed by atoms with Crippen LogP contribution in [-0.4, -0.2) is 5.97 Å². The summed E-state index contributed by atoms with van der Waals surface area (Å²) < 4.78 is 0. The van der Waals surface area contributed by atoms with Crippen LogP contribution < -0.4 is 5.11 Å². The largest absolute Gasteiger partial charge is 0.550 e. The van der Waals surface area contributed by atoms with E-state index in [-0.39, 0.29) is 17.8 Å². The van der Waals surface area contributed by atoms with Crippen LogP contribution in [0.1, 0.15) is 38.7 Å². The van der Waals surface area contributed by atoms with Gasteiger partial charge in [0.15, 0.2) is 0 Å². The minimum atomic E-state index is -0.987. The topological polar surface area (TPSA) is 40.1 Å². The molecule has 0 heterocycles. The maximum atomic E-state index is 10.7. The van der Waals surface area contributed by atoms with Crippen molar-refractivity contribution >= 4 is 5.97 Å². The zero-order chi connectivity index (χ0) is 11.5. The van der Waals surface area contributed by atoms with Crippen molar-refractivity contribution in [3.05, 3.63) is 35.9 Å². The Morgan fingerprint density at radius 1 is 1.27 bits per heavy atom. The fourth-order valence-corrected chi connectivity index (χ4v) is 1.78. The first-order valence-corrected chi connectivity index (χ1v) is 5.16. The molecule has 1 atom stereocenters. The van der Waals surface area contributed by atoms with Crippen molar-refractivity contribution in [1.82, 2.24) is 0 Å². The lowest BCUT2D eigenvalue weighted by Crippen LogP contribution is -2.29. The van der Waals surface area contributed by atoms with Gasteiger partial charge in [0.1, 0.15) is 0 Å². The van der Waals surface area contributed by atoms with E-state index in [1.807, 2.05) is 51.1 Å². The third-order valence-corrected chi connectivity index (χ3v) is 2.62. The van der Waals surface area contributed by atoms with Gasteiger partial charge in [-0.25, -0.2) is 0 Å². The number of hydrogen-bond acceptors (Lipinski definition) is 2. The minimum Gasteiger partial charge on any atom is -0.550 e. The Hall–Kier alpha value is -1.31. The fourth-order valence-electron chi connectivity index (χ4n) is 1.78. The van der Waals surface area contributed by atoms with Gasteiger partial charge in [-0.3, -0.25) is 0 Å². The molecular weight excluding hydrogens is 188 g/mol. The van der Waals surface area contributed by atoms with Crippen molar-refractivity contribution in [3.8, 4) is 0 Å². The predicted molar refractivity (Wildman–Crippen MR) is 58.3 cm³/mol. The maximum Gasteiger partial charge on any atom is 0.0420 e. The van der Waals surface area contributed by atoms with Crippen LogP contribution in [0.5, 0.6) is 0 Å². The molecule has 0 aromatic heterocycles. The highest BCUT2D eigenvalue weighted by Gasteiger charge is 2.25. The molecule has 1 rings (SSSR count). The average Bonchev–Trinajstić information content (AvgIpc) is 2.14. The second-order valence-corrected chi connectivity index (χ2v) is 4.91. The second-order valence-electron chi connectivity index (χ2n) is 4.91. The summed E-state index contributed by atoms with van der Waals surface area (Å²) in [5, 5.41) is 10.7. The Morgan fingerprint density at radius 2 is 1.80 bits per heavy atom. The Morgan fingerprint density at radius 3 is 2.20 bits per heavy atom. The monoisotopic (exact) mass is 205 g/mol. The van der Waals surface area contributed by atoms with Crippen LogP contribution in [0.3, 0.4) is 0 Å². The number of carbonyl (C=O) groups is 1. The zero-order valence-corrected chi connectivity index (χ0v) is 9.49. The molecule has 1 aromatic carbocycles. The molecule has 1 aromatic rings. The van der Waals surface area contributed by atoms with Crippen LogP contribution in [0, 0.1) is 5.41 Å². The summed E-state index contributed by atoms with van der Waals surface area (Å²) in [7, 11) is 0. The van der Waals surface area contributed by atoms with Gasteiger partial charge < -0.3 is 9.90 Å². The predicted octanol–water partition coefficient (Wildman–Crippen LogP) is 1.96. The van der Waals surface area contributed by atoms with E-state index in [9.17, 15) is 9.90 Å². The molecule has 2 heteroatoms. The number of benzene rings is 1. The summed E-state index contributed by atoms with van der Waals surface area (Å²) in [5.41, 5.74) is 0.996. The van der Waals surface area contributed by atoms with E-state index in [0.29, 0.717) is 0 Å². The van der Waals surface area contributed by atoms with Gasteiger partial charge in [0, 0.05) is 5.97 Å². The van der Waals surface area contributed by atoms with Crippen molar-refractivity contribution in [2.24, 2.45) is 5.41 Å². The number of carboxylic acids is 1. The molecule has 0 aliphatic rings. The maximum absolute atomic E-state index is 10.7. The lowest BCUT2D eigenvalue weighted by molar-refractivity contribution is -0.306. The van der Waals surface area contributed by atoms with Gasteiger partial charge in [0.25, 0.3) is 0 Å². The fraction of sp³-hybridized carbons (Fsp3) is 0.462. The standard InChI is InChI=1S/C13H18O2/c1-13(2,3)11(9-12(14)15)10-7-5-4-6-8-10/h4-8,11H,9H2,1-3H3,(H,14,15)/p-1. The van der Waals surface area contributed by atoms with Crippen LogP contribution >= 0.6 is 0 Å². The number of aliphatic carboxylic acids is 1. The van der Waals surface area contributed by atoms with Crippen LogP contribution in [0.15, 0.2) is 30.3 Å². The van der Waals surface area contributed by atoms with Crippen molar-refractivity contribution < 1.29 is 9.90 Å². The molecule has 0 bridgehead atoms. The molecule has 15 heavy (non-hydrogen) atoms. The van der Waals surface area contributed by atoms with Gasteiger partial charge in [0.2, 0.25) is 0 Å². The first kappa shape index (κ1) is 11.8. The lowest BCUT2D eigenvalue weighted by atomic mass is 9.75. The van der Waals surface area contributed by atoms with E-state index in [4.69, 9.17) is 0 Å². The van der Waals surface area contributed by atoms with E-state index in [1.165, 1.54) is 0 Å². The molecule has 0 saturated carbocycles. The van der Waals surface area contributed by atoms with Crippen LogP contribution in [0.25, 0.3) is 0 Å². The smallest absolute Gasteiger partial charge is 0.0420 e. The summed E-state index contributed by atoms with van der Waals surface area (Å²) in [6.07, 6.45) is 0.0769. The third-order valence-electron chi connectivity index (χ3n) is 2.62. The summed E-state index contributed by atoms with van der Waals surface area (Å²) >= 11 is 0. The highest BCUT2D eigenvalue weighted by atomic mass is 16.4. The Balaban J connectivity index is 2.97. The molecule has 0 aliphatic heterocycles. The van der Waals surface area contributed by atoms with Crippen molar-refractivity contribution in [2.75, 3.05) is 0 Å². The van der Waals surface area contributed by atoms with Crippen molar-refractivity contribution in [3.63, 3.8) is 0 Å². The summed E-state index contributed by atoms with van der Waals surface area (Å²) in [6.45, 7) is 6.15. The van der Waals surface area contributed by atoms with E-state index >= 15 is 0 Å². The van der Waals surface area contributed by atoms with Gasteiger partial charge in [0.05, 0.1) is 0 Å².